The van der Waals surface area contributed by atoms with Crippen molar-refractivity contribution < 1.29 is 9.53 Å². The number of esters is 1. The predicted molar refractivity (Wildman–Crippen MR) is 89.6 cm³/mol. The maximum Gasteiger partial charge on any atom is 0.350 e. The Morgan fingerprint density at radius 3 is 2.60 bits per heavy atom. The van der Waals surface area contributed by atoms with E-state index in [2.05, 4.69) is 26.6 Å². The van der Waals surface area contributed by atoms with Crippen molar-refractivity contribution in [2.75, 3.05) is 17.7 Å². The van der Waals surface area contributed by atoms with Gasteiger partial charge < -0.3 is 15.4 Å². The van der Waals surface area contributed by atoms with Crippen LogP contribution in [-0.4, -0.2) is 18.2 Å². The standard InChI is InChI=1S/C13H11BrN2O2S2/c1-18-12(17)11-10(6-7-20-11)16-13(19)15-9-4-2-8(14)3-5-9/h2-7H,1H3,(H2,15,16,19). The number of thiophene rings is 1. The van der Waals surface area contributed by atoms with E-state index in [1.54, 1.807) is 11.4 Å². The summed E-state index contributed by atoms with van der Waals surface area (Å²) in [5.41, 5.74) is 1.50. The number of halogens is 1. The molecular formula is C13H11BrN2O2S2. The van der Waals surface area contributed by atoms with Gasteiger partial charge in [-0.2, -0.15) is 0 Å². The molecule has 7 heteroatoms. The SMILES string of the molecule is COC(=O)c1sccc1NC(=S)Nc1ccc(Br)cc1. The molecule has 0 aliphatic rings. The first kappa shape index (κ1) is 15.0. The zero-order valence-corrected chi connectivity index (χ0v) is 13.7. The molecule has 1 aromatic carbocycles. The predicted octanol–water partition coefficient (Wildman–Crippen LogP) is 4.11. The van der Waals surface area contributed by atoms with E-state index in [0.29, 0.717) is 15.7 Å². The number of nitrogens with one attached hydrogen (secondary N) is 2. The summed E-state index contributed by atoms with van der Waals surface area (Å²) in [6.45, 7) is 0. The van der Waals surface area contributed by atoms with Crippen LogP contribution in [0.3, 0.4) is 0 Å². The molecule has 2 aromatic rings. The Morgan fingerprint density at radius 2 is 1.95 bits per heavy atom. The van der Waals surface area contributed by atoms with Crippen molar-refractivity contribution in [2.45, 2.75) is 0 Å². The molecule has 0 aliphatic carbocycles. The number of ether oxygens (including phenoxy) is 1. The highest BCUT2D eigenvalue weighted by Crippen LogP contribution is 2.23. The van der Waals surface area contributed by atoms with Gasteiger partial charge in [0.25, 0.3) is 0 Å². The molecule has 0 fully saturated rings. The quantitative estimate of drug-likeness (QED) is 0.628. The molecule has 1 heterocycles. The fourth-order valence-corrected chi connectivity index (χ4v) is 2.73. The topological polar surface area (TPSA) is 50.4 Å². The number of benzene rings is 1. The van der Waals surface area contributed by atoms with Crippen molar-refractivity contribution in [3.8, 4) is 0 Å². The van der Waals surface area contributed by atoms with Crippen molar-refractivity contribution in [2.24, 2.45) is 0 Å². The second kappa shape index (κ2) is 6.83. The van der Waals surface area contributed by atoms with Gasteiger partial charge in [-0.1, -0.05) is 15.9 Å². The second-order valence-electron chi connectivity index (χ2n) is 3.74. The van der Waals surface area contributed by atoms with E-state index < -0.39 is 0 Å². The van der Waals surface area contributed by atoms with Gasteiger partial charge in [-0.15, -0.1) is 11.3 Å². The average Bonchev–Trinajstić information content (AvgIpc) is 2.88. The fourth-order valence-electron chi connectivity index (χ4n) is 1.48. The van der Waals surface area contributed by atoms with Gasteiger partial charge in [0.15, 0.2) is 5.11 Å². The van der Waals surface area contributed by atoms with Crippen LogP contribution in [-0.2, 0) is 4.74 Å². The molecule has 0 saturated carbocycles. The van der Waals surface area contributed by atoms with Gasteiger partial charge in [0, 0.05) is 10.2 Å². The van der Waals surface area contributed by atoms with Crippen LogP contribution in [0.1, 0.15) is 9.67 Å². The first-order chi connectivity index (χ1) is 9.60. The maximum atomic E-state index is 11.6. The minimum Gasteiger partial charge on any atom is -0.465 e. The molecule has 0 saturated heterocycles. The van der Waals surface area contributed by atoms with Crippen LogP contribution in [0.4, 0.5) is 11.4 Å². The van der Waals surface area contributed by atoms with Gasteiger partial charge in [-0.05, 0) is 47.9 Å². The average molecular weight is 371 g/mol. The molecule has 0 unspecified atom stereocenters. The third-order valence-electron chi connectivity index (χ3n) is 2.39. The van der Waals surface area contributed by atoms with Crippen LogP contribution >= 0.6 is 39.5 Å². The van der Waals surface area contributed by atoms with E-state index in [1.165, 1.54) is 18.4 Å². The first-order valence-electron chi connectivity index (χ1n) is 5.59. The van der Waals surface area contributed by atoms with Crippen LogP contribution in [0.25, 0.3) is 0 Å². The van der Waals surface area contributed by atoms with Gasteiger partial charge in [0.1, 0.15) is 4.88 Å². The number of carbonyl (C=O) groups is 1. The summed E-state index contributed by atoms with van der Waals surface area (Å²) in [7, 11) is 1.35. The molecule has 2 N–H and O–H groups in total. The zero-order chi connectivity index (χ0) is 14.5. The fraction of sp³-hybridized carbons (Fsp3) is 0.0769. The van der Waals surface area contributed by atoms with E-state index in [9.17, 15) is 4.79 Å². The molecule has 104 valence electrons. The Hall–Kier alpha value is -1.44. The van der Waals surface area contributed by atoms with Crippen molar-refractivity contribution >= 4 is 61.9 Å². The van der Waals surface area contributed by atoms with Crippen LogP contribution in [0.15, 0.2) is 40.2 Å². The zero-order valence-electron chi connectivity index (χ0n) is 10.5. The number of thiocarbonyl (C=S) groups is 1. The lowest BCUT2D eigenvalue weighted by atomic mass is 10.3. The maximum absolute atomic E-state index is 11.6. The summed E-state index contributed by atoms with van der Waals surface area (Å²) in [6.07, 6.45) is 0. The van der Waals surface area contributed by atoms with Crippen LogP contribution in [0.2, 0.25) is 0 Å². The Morgan fingerprint density at radius 1 is 1.25 bits per heavy atom. The Kier molecular flexibility index (Phi) is 5.11. The summed E-state index contributed by atoms with van der Waals surface area (Å²) in [4.78, 5) is 12.0. The lowest BCUT2D eigenvalue weighted by Gasteiger charge is -2.10. The highest BCUT2D eigenvalue weighted by Gasteiger charge is 2.14. The van der Waals surface area contributed by atoms with Crippen LogP contribution in [0, 0.1) is 0 Å². The molecule has 0 atom stereocenters. The molecule has 0 aliphatic heterocycles. The monoisotopic (exact) mass is 370 g/mol. The van der Waals surface area contributed by atoms with E-state index >= 15 is 0 Å². The number of methoxy groups -OCH3 is 1. The third kappa shape index (κ3) is 3.78. The molecule has 0 bridgehead atoms. The molecular weight excluding hydrogens is 360 g/mol. The lowest BCUT2D eigenvalue weighted by molar-refractivity contribution is 0.0607. The smallest absolute Gasteiger partial charge is 0.350 e. The Balaban J connectivity index is 2.03. The van der Waals surface area contributed by atoms with E-state index in [1.807, 2.05) is 24.3 Å². The first-order valence-corrected chi connectivity index (χ1v) is 7.67. The minimum absolute atomic E-state index is 0.381. The molecule has 0 radical (unpaired) electrons. The molecule has 2 rings (SSSR count). The van der Waals surface area contributed by atoms with Gasteiger partial charge in [-0.3, -0.25) is 0 Å². The summed E-state index contributed by atoms with van der Waals surface area (Å²) in [5.74, 6) is -0.381. The van der Waals surface area contributed by atoms with Gasteiger partial charge in [0.05, 0.1) is 12.8 Å². The molecule has 20 heavy (non-hydrogen) atoms. The summed E-state index contributed by atoms with van der Waals surface area (Å²) in [6, 6.07) is 9.40. The van der Waals surface area contributed by atoms with Crippen molar-refractivity contribution in [1.82, 2.24) is 0 Å². The Bertz CT molecular complexity index is 626. The number of hydrogen-bond donors (Lipinski definition) is 2. The highest BCUT2D eigenvalue weighted by atomic mass is 79.9. The molecule has 4 nitrogen and oxygen atoms in total. The van der Waals surface area contributed by atoms with E-state index in [4.69, 9.17) is 17.0 Å². The van der Waals surface area contributed by atoms with Crippen molar-refractivity contribution in [3.63, 3.8) is 0 Å². The normalized spacial score (nSPS) is 9.90. The van der Waals surface area contributed by atoms with Crippen molar-refractivity contribution in [1.29, 1.82) is 0 Å². The molecule has 1 aromatic heterocycles. The van der Waals surface area contributed by atoms with E-state index in [0.717, 1.165) is 10.2 Å². The van der Waals surface area contributed by atoms with Crippen LogP contribution < -0.4 is 10.6 Å². The second-order valence-corrected chi connectivity index (χ2v) is 5.98. The van der Waals surface area contributed by atoms with Crippen molar-refractivity contribution in [3.05, 3.63) is 45.1 Å². The van der Waals surface area contributed by atoms with Gasteiger partial charge in [-0.25, -0.2) is 4.79 Å². The highest BCUT2D eigenvalue weighted by molar-refractivity contribution is 9.10. The molecule has 0 amide bonds. The minimum atomic E-state index is -0.381. The summed E-state index contributed by atoms with van der Waals surface area (Å²) >= 11 is 9.89. The lowest BCUT2D eigenvalue weighted by Crippen LogP contribution is -2.20. The van der Waals surface area contributed by atoms with Crippen LogP contribution in [0.5, 0.6) is 0 Å². The molecule has 0 spiro atoms. The largest absolute Gasteiger partial charge is 0.465 e. The number of carbonyl (C=O) groups excluding carboxylic acids is 1. The van der Waals surface area contributed by atoms with Gasteiger partial charge in [0.2, 0.25) is 0 Å². The number of rotatable bonds is 3. The number of hydrogen-bond acceptors (Lipinski definition) is 4. The Labute approximate surface area is 134 Å². The van der Waals surface area contributed by atoms with Gasteiger partial charge >= 0.3 is 5.97 Å². The number of anilines is 2. The summed E-state index contributed by atoms with van der Waals surface area (Å²) in [5, 5.41) is 8.25. The summed E-state index contributed by atoms with van der Waals surface area (Å²) < 4.78 is 5.70. The third-order valence-corrected chi connectivity index (χ3v) is 4.01. The van der Waals surface area contributed by atoms with E-state index in [-0.39, 0.29) is 5.97 Å².